The first-order chi connectivity index (χ1) is 11.3. The molecule has 23 heavy (non-hydrogen) atoms. The lowest BCUT2D eigenvalue weighted by molar-refractivity contribution is 0.641. The minimum atomic E-state index is 0.982. The second-order valence-corrected chi connectivity index (χ2v) is 6.33. The molecule has 2 aromatic carbocycles. The average molecular weight is 303 g/mol. The fourth-order valence-corrected chi connectivity index (χ4v) is 3.17. The van der Waals surface area contributed by atoms with Gasteiger partial charge in [-0.05, 0) is 41.5 Å². The lowest BCUT2D eigenvalue weighted by atomic mass is 9.95. The zero-order valence-corrected chi connectivity index (χ0v) is 13.8. The van der Waals surface area contributed by atoms with Gasteiger partial charge in [-0.15, -0.1) is 0 Å². The zero-order valence-electron chi connectivity index (χ0n) is 13.8. The highest BCUT2D eigenvalue weighted by molar-refractivity contribution is 5.87. The summed E-state index contributed by atoms with van der Waals surface area (Å²) in [6, 6.07) is 19.2. The van der Waals surface area contributed by atoms with Gasteiger partial charge in [-0.25, -0.2) is 0 Å². The van der Waals surface area contributed by atoms with Crippen molar-refractivity contribution in [3.05, 3.63) is 77.9 Å². The van der Waals surface area contributed by atoms with Gasteiger partial charge < -0.3 is 0 Å². The van der Waals surface area contributed by atoms with Gasteiger partial charge in [-0.1, -0.05) is 74.0 Å². The van der Waals surface area contributed by atoms with Crippen LogP contribution in [0.1, 0.15) is 48.8 Å². The first-order valence-corrected chi connectivity index (χ1v) is 8.69. The van der Waals surface area contributed by atoms with E-state index in [1.54, 1.807) is 0 Å². The van der Waals surface area contributed by atoms with Crippen LogP contribution in [0.3, 0.4) is 0 Å². The Labute approximate surface area is 139 Å². The zero-order chi connectivity index (χ0) is 15.9. The van der Waals surface area contributed by atoms with Crippen LogP contribution >= 0.6 is 0 Å². The van der Waals surface area contributed by atoms with Crippen molar-refractivity contribution in [2.75, 3.05) is 6.54 Å². The van der Waals surface area contributed by atoms with Gasteiger partial charge in [0, 0.05) is 18.7 Å². The first kappa shape index (κ1) is 15.7. The largest absolute Gasteiger partial charge is 0.294 e. The van der Waals surface area contributed by atoms with Crippen molar-refractivity contribution in [1.29, 1.82) is 0 Å². The minimum Gasteiger partial charge on any atom is -0.294 e. The molecular weight excluding hydrogens is 278 g/mol. The van der Waals surface area contributed by atoms with Crippen LogP contribution in [0.2, 0.25) is 0 Å². The van der Waals surface area contributed by atoms with Crippen LogP contribution in [0.5, 0.6) is 0 Å². The van der Waals surface area contributed by atoms with E-state index in [0.29, 0.717) is 0 Å². The predicted molar refractivity (Wildman–Crippen MR) is 100 cm³/mol. The van der Waals surface area contributed by atoms with E-state index in [2.05, 4.69) is 55.1 Å². The first-order valence-electron chi connectivity index (χ1n) is 8.69. The maximum Gasteiger partial charge on any atom is 0.0388 e. The molecule has 0 atom stereocenters. The van der Waals surface area contributed by atoms with Crippen LogP contribution < -0.4 is 0 Å². The van der Waals surface area contributed by atoms with E-state index < -0.39 is 0 Å². The SMILES string of the molecule is C=C(c1ccccc1)c1cccc(CC2=NCCCCCC2)c1. The van der Waals surface area contributed by atoms with E-state index in [1.807, 2.05) is 6.07 Å². The van der Waals surface area contributed by atoms with Gasteiger partial charge in [0.1, 0.15) is 0 Å². The van der Waals surface area contributed by atoms with Gasteiger partial charge in [-0.3, -0.25) is 4.99 Å². The molecule has 1 aliphatic heterocycles. The van der Waals surface area contributed by atoms with Gasteiger partial charge in [0.05, 0.1) is 0 Å². The van der Waals surface area contributed by atoms with Gasteiger partial charge in [0.25, 0.3) is 0 Å². The molecule has 1 aliphatic rings. The summed E-state index contributed by atoms with van der Waals surface area (Å²) in [7, 11) is 0. The van der Waals surface area contributed by atoms with Gasteiger partial charge >= 0.3 is 0 Å². The van der Waals surface area contributed by atoms with E-state index in [-0.39, 0.29) is 0 Å². The van der Waals surface area contributed by atoms with Gasteiger partial charge in [0.2, 0.25) is 0 Å². The molecule has 1 heteroatoms. The van der Waals surface area contributed by atoms with Crippen LogP contribution in [0.25, 0.3) is 5.57 Å². The fraction of sp³-hybridized carbons (Fsp3) is 0.318. The standard InChI is InChI=1S/C22H25N/c1-18(20-11-5-4-6-12-20)21-13-9-10-19(16-21)17-22-14-7-2-3-8-15-23-22/h4-6,9-13,16H,1-3,7-8,14-15,17H2. The van der Waals surface area contributed by atoms with Gasteiger partial charge in [0.15, 0.2) is 0 Å². The van der Waals surface area contributed by atoms with Crippen molar-refractivity contribution in [2.45, 2.75) is 38.5 Å². The predicted octanol–water partition coefficient (Wildman–Crippen LogP) is 5.70. The summed E-state index contributed by atoms with van der Waals surface area (Å²) < 4.78 is 0. The molecule has 0 amide bonds. The Kier molecular flexibility index (Phi) is 5.42. The summed E-state index contributed by atoms with van der Waals surface area (Å²) in [5.41, 5.74) is 6.20. The highest BCUT2D eigenvalue weighted by atomic mass is 14.7. The number of benzene rings is 2. The molecule has 1 nitrogen and oxygen atoms in total. The number of rotatable bonds is 4. The third-order valence-corrected chi connectivity index (χ3v) is 4.51. The number of hydrogen-bond acceptors (Lipinski definition) is 1. The monoisotopic (exact) mass is 303 g/mol. The molecule has 0 radical (unpaired) electrons. The average Bonchev–Trinajstić information content (AvgIpc) is 2.57. The Morgan fingerprint density at radius 2 is 1.65 bits per heavy atom. The van der Waals surface area contributed by atoms with Crippen molar-refractivity contribution < 1.29 is 0 Å². The van der Waals surface area contributed by atoms with Crippen molar-refractivity contribution in [3.8, 4) is 0 Å². The molecule has 2 aromatic rings. The molecular formula is C22H25N. The summed E-state index contributed by atoms with van der Waals surface area (Å²) in [6.45, 7) is 5.29. The quantitative estimate of drug-likeness (QED) is 0.687. The maximum absolute atomic E-state index is 4.81. The van der Waals surface area contributed by atoms with E-state index in [4.69, 9.17) is 4.99 Å². The summed E-state index contributed by atoms with van der Waals surface area (Å²) in [4.78, 5) is 4.81. The Bertz CT molecular complexity index is 682. The highest BCUT2D eigenvalue weighted by Gasteiger charge is 2.07. The Balaban J connectivity index is 1.76. The molecule has 0 unspecified atom stereocenters. The molecule has 0 N–H and O–H groups in total. The van der Waals surface area contributed by atoms with Crippen LogP contribution in [0.4, 0.5) is 0 Å². The van der Waals surface area contributed by atoms with Crippen LogP contribution in [0.15, 0.2) is 66.2 Å². The minimum absolute atomic E-state index is 0.982. The van der Waals surface area contributed by atoms with E-state index in [0.717, 1.165) is 25.0 Å². The normalized spacial score (nSPS) is 15.4. The number of aliphatic imine (C=N–C) groups is 1. The maximum atomic E-state index is 4.81. The molecule has 3 rings (SSSR count). The summed E-state index contributed by atoms with van der Waals surface area (Å²) >= 11 is 0. The summed E-state index contributed by atoms with van der Waals surface area (Å²) in [5.74, 6) is 0. The van der Waals surface area contributed by atoms with Crippen LogP contribution in [-0.2, 0) is 6.42 Å². The van der Waals surface area contributed by atoms with E-state index in [9.17, 15) is 0 Å². The third kappa shape index (κ3) is 4.41. The van der Waals surface area contributed by atoms with E-state index >= 15 is 0 Å². The smallest absolute Gasteiger partial charge is 0.0388 e. The van der Waals surface area contributed by atoms with Crippen molar-refractivity contribution in [2.24, 2.45) is 4.99 Å². The topological polar surface area (TPSA) is 12.4 Å². The van der Waals surface area contributed by atoms with Crippen molar-refractivity contribution in [3.63, 3.8) is 0 Å². The Morgan fingerprint density at radius 3 is 2.52 bits per heavy atom. The fourth-order valence-electron chi connectivity index (χ4n) is 3.17. The van der Waals surface area contributed by atoms with Crippen LogP contribution in [-0.4, -0.2) is 12.3 Å². The molecule has 0 aliphatic carbocycles. The third-order valence-electron chi connectivity index (χ3n) is 4.51. The lowest BCUT2D eigenvalue weighted by Crippen LogP contribution is -2.07. The summed E-state index contributed by atoms with van der Waals surface area (Å²) in [6.07, 6.45) is 7.36. The molecule has 118 valence electrons. The lowest BCUT2D eigenvalue weighted by Gasteiger charge is -2.12. The molecule has 0 saturated heterocycles. The molecule has 0 fully saturated rings. The van der Waals surface area contributed by atoms with Crippen molar-refractivity contribution >= 4 is 11.3 Å². The Morgan fingerprint density at radius 1 is 0.870 bits per heavy atom. The molecule has 0 aromatic heterocycles. The molecule has 0 saturated carbocycles. The van der Waals surface area contributed by atoms with E-state index in [1.165, 1.54) is 48.1 Å². The van der Waals surface area contributed by atoms with Crippen molar-refractivity contribution in [1.82, 2.24) is 0 Å². The number of hydrogen-bond donors (Lipinski definition) is 0. The van der Waals surface area contributed by atoms with Crippen LogP contribution in [0, 0.1) is 0 Å². The second-order valence-electron chi connectivity index (χ2n) is 6.33. The second kappa shape index (κ2) is 7.92. The molecule has 0 spiro atoms. The highest BCUT2D eigenvalue weighted by Crippen LogP contribution is 2.23. The Hall–Kier alpha value is -2.15. The number of nitrogens with zero attached hydrogens (tertiary/aromatic N) is 1. The molecule has 1 heterocycles. The molecule has 0 bridgehead atoms. The summed E-state index contributed by atoms with van der Waals surface area (Å²) in [5, 5.41) is 0. The van der Waals surface area contributed by atoms with Gasteiger partial charge in [-0.2, -0.15) is 0 Å².